The van der Waals surface area contributed by atoms with Crippen molar-refractivity contribution in [1.29, 1.82) is 0 Å². The van der Waals surface area contributed by atoms with Gasteiger partial charge in [0.15, 0.2) is 5.60 Å². The normalized spacial score (nSPS) is 16.0. The Bertz CT molecular complexity index is 976. The molecule has 1 aliphatic rings. The van der Waals surface area contributed by atoms with Gasteiger partial charge in [-0.2, -0.15) is 0 Å². The number of methoxy groups -OCH3 is 1. The van der Waals surface area contributed by atoms with Crippen LogP contribution in [0.25, 0.3) is 0 Å². The Morgan fingerprint density at radius 2 is 1.71 bits per heavy atom. The van der Waals surface area contributed by atoms with E-state index >= 15 is 0 Å². The molecule has 0 spiro atoms. The average Bonchev–Trinajstić information content (AvgIpc) is 2.86. The van der Waals surface area contributed by atoms with E-state index < -0.39 is 5.60 Å². The van der Waals surface area contributed by atoms with E-state index in [1.807, 2.05) is 54.6 Å². The van der Waals surface area contributed by atoms with Gasteiger partial charge in [0.05, 0.1) is 0 Å². The number of ether oxygens (including phenoxy) is 1. The summed E-state index contributed by atoms with van der Waals surface area (Å²) < 4.78 is 6.05. The van der Waals surface area contributed by atoms with Crippen molar-refractivity contribution in [2.75, 3.05) is 38.2 Å². The summed E-state index contributed by atoms with van der Waals surface area (Å²) >= 11 is 0. The molecule has 0 saturated carbocycles. The van der Waals surface area contributed by atoms with Gasteiger partial charge in [-0.25, -0.2) is 0 Å². The monoisotopic (exact) mass is 415 g/mol. The number of aromatic nitrogens is 1. The zero-order valence-electron chi connectivity index (χ0n) is 18.2. The van der Waals surface area contributed by atoms with Crippen LogP contribution in [-0.4, -0.2) is 44.1 Å². The van der Waals surface area contributed by atoms with Crippen molar-refractivity contribution < 1.29 is 9.53 Å². The maximum Gasteiger partial charge on any atom is 0.203 e. The Morgan fingerprint density at radius 3 is 2.35 bits per heavy atom. The summed E-state index contributed by atoms with van der Waals surface area (Å²) in [6.45, 7) is 6.05. The lowest BCUT2D eigenvalue weighted by Crippen LogP contribution is -2.44. The number of piperazine rings is 1. The molecule has 5 heteroatoms. The summed E-state index contributed by atoms with van der Waals surface area (Å²) in [6.07, 6.45) is 4.26. The minimum absolute atomic E-state index is 0.0750. The highest BCUT2D eigenvalue weighted by atomic mass is 16.5. The molecule has 1 aliphatic heterocycles. The van der Waals surface area contributed by atoms with Gasteiger partial charge in [-0.15, -0.1) is 0 Å². The number of hydrogen-bond acceptors (Lipinski definition) is 5. The number of nitrogens with zero attached hydrogens (tertiary/aromatic N) is 2. The Kier molecular flexibility index (Phi) is 6.44. The molecule has 1 N–H and O–H groups in total. The smallest absolute Gasteiger partial charge is 0.203 e. The van der Waals surface area contributed by atoms with Crippen LogP contribution >= 0.6 is 0 Å². The summed E-state index contributed by atoms with van der Waals surface area (Å²) in [6, 6.07) is 19.5. The second-order valence-corrected chi connectivity index (χ2v) is 7.75. The number of anilines is 1. The van der Waals surface area contributed by atoms with Gasteiger partial charge in [-0.1, -0.05) is 37.3 Å². The van der Waals surface area contributed by atoms with Crippen LogP contribution in [0.1, 0.15) is 34.0 Å². The lowest BCUT2D eigenvalue weighted by Gasteiger charge is -2.33. The summed E-state index contributed by atoms with van der Waals surface area (Å²) in [7, 11) is 1.60. The van der Waals surface area contributed by atoms with E-state index in [-0.39, 0.29) is 5.78 Å². The Labute approximate surface area is 184 Å². The number of Topliss-reactive ketones (excluding diaryl/α,β-unsaturated/α-hetero) is 1. The van der Waals surface area contributed by atoms with E-state index in [0.717, 1.165) is 43.7 Å². The van der Waals surface area contributed by atoms with Gasteiger partial charge in [0.2, 0.25) is 5.78 Å². The van der Waals surface area contributed by atoms with Gasteiger partial charge >= 0.3 is 0 Å². The lowest BCUT2D eigenvalue weighted by atomic mass is 9.80. The third-order valence-corrected chi connectivity index (χ3v) is 6.07. The van der Waals surface area contributed by atoms with Gasteiger partial charge in [-0.05, 0) is 53.4 Å². The van der Waals surface area contributed by atoms with Crippen molar-refractivity contribution >= 4 is 11.5 Å². The first-order valence-corrected chi connectivity index (χ1v) is 10.8. The van der Waals surface area contributed by atoms with E-state index in [1.54, 1.807) is 19.5 Å². The Balaban J connectivity index is 1.81. The third kappa shape index (κ3) is 3.99. The number of aryl methyl sites for hydroxylation is 1. The predicted molar refractivity (Wildman–Crippen MR) is 124 cm³/mol. The van der Waals surface area contributed by atoms with Crippen molar-refractivity contribution in [3.8, 4) is 0 Å². The molecule has 3 aromatic rings. The van der Waals surface area contributed by atoms with Crippen LogP contribution in [0.5, 0.6) is 0 Å². The van der Waals surface area contributed by atoms with Crippen molar-refractivity contribution in [3.05, 3.63) is 95.3 Å². The molecule has 0 amide bonds. The van der Waals surface area contributed by atoms with Gasteiger partial charge in [-0.3, -0.25) is 9.78 Å². The first-order valence-electron chi connectivity index (χ1n) is 10.8. The van der Waals surface area contributed by atoms with Crippen molar-refractivity contribution in [2.45, 2.75) is 18.9 Å². The molecule has 0 bridgehead atoms. The van der Waals surface area contributed by atoms with E-state index in [4.69, 9.17) is 4.74 Å². The van der Waals surface area contributed by atoms with Crippen LogP contribution in [0.15, 0.2) is 73.1 Å². The first kappa shape index (κ1) is 21.2. The van der Waals surface area contributed by atoms with E-state index in [1.165, 1.54) is 11.3 Å². The molecule has 5 nitrogen and oxygen atoms in total. The Hall–Kier alpha value is -3.02. The lowest BCUT2D eigenvalue weighted by molar-refractivity contribution is 0.0224. The average molecular weight is 416 g/mol. The van der Waals surface area contributed by atoms with Crippen molar-refractivity contribution in [2.24, 2.45) is 0 Å². The first-order chi connectivity index (χ1) is 15.2. The van der Waals surface area contributed by atoms with E-state index in [2.05, 4.69) is 28.2 Å². The molecular weight excluding hydrogens is 386 g/mol. The molecule has 31 heavy (non-hydrogen) atoms. The van der Waals surface area contributed by atoms with Crippen LogP contribution in [0.2, 0.25) is 0 Å². The quantitative estimate of drug-likeness (QED) is 0.595. The molecule has 2 aromatic carbocycles. The standard InChI is InChI=1S/C26H29N3O2/c1-3-20-19-21(9-10-24(20)29-17-15-28-16-18-29)25(30)26(31-2,22-7-5-4-6-8-22)23-11-13-27-14-12-23/h4-14,19,28H,3,15-18H2,1-2H3. The molecule has 1 atom stereocenters. The fourth-order valence-electron chi connectivity index (χ4n) is 4.44. The van der Waals surface area contributed by atoms with Crippen LogP contribution in [0.3, 0.4) is 0 Å². The highest BCUT2D eigenvalue weighted by Gasteiger charge is 2.43. The number of benzene rings is 2. The molecule has 1 fully saturated rings. The fourth-order valence-corrected chi connectivity index (χ4v) is 4.44. The number of hydrogen-bond donors (Lipinski definition) is 1. The fraction of sp³-hybridized carbons (Fsp3) is 0.308. The topological polar surface area (TPSA) is 54.5 Å². The molecule has 1 unspecified atom stereocenters. The number of nitrogens with one attached hydrogen (secondary N) is 1. The molecule has 4 rings (SSSR count). The van der Waals surface area contributed by atoms with Crippen molar-refractivity contribution in [3.63, 3.8) is 0 Å². The third-order valence-electron chi connectivity index (χ3n) is 6.07. The predicted octanol–water partition coefficient (Wildman–Crippen LogP) is 3.83. The largest absolute Gasteiger partial charge is 0.369 e. The minimum Gasteiger partial charge on any atom is -0.369 e. The van der Waals surface area contributed by atoms with Crippen LogP contribution in [0, 0.1) is 0 Å². The molecular formula is C26H29N3O2. The number of carbonyl (C=O) groups is 1. The van der Waals surface area contributed by atoms with E-state index in [0.29, 0.717) is 5.56 Å². The van der Waals surface area contributed by atoms with Crippen molar-refractivity contribution in [1.82, 2.24) is 10.3 Å². The SMILES string of the molecule is CCc1cc(C(=O)C(OC)(c2ccccc2)c2ccncc2)ccc1N1CCNCC1. The number of ketones is 1. The van der Waals surface area contributed by atoms with Crippen LogP contribution in [0.4, 0.5) is 5.69 Å². The molecule has 0 radical (unpaired) electrons. The summed E-state index contributed by atoms with van der Waals surface area (Å²) in [5.74, 6) is -0.0750. The second-order valence-electron chi connectivity index (χ2n) is 7.75. The molecule has 0 aliphatic carbocycles. The number of rotatable bonds is 7. The summed E-state index contributed by atoms with van der Waals surface area (Å²) in [5.41, 5.74) is 3.39. The molecule has 160 valence electrons. The van der Waals surface area contributed by atoms with E-state index in [9.17, 15) is 4.79 Å². The Morgan fingerprint density at radius 1 is 1.03 bits per heavy atom. The number of pyridine rings is 1. The highest BCUT2D eigenvalue weighted by molar-refractivity contribution is 6.05. The second kappa shape index (κ2) is 9.41. The maximum atomic E-state index is 14.1. The summed E-state index contributed by atoms with van der Waals surface area (Å²) in [4.78, 5) is 20.6. The van der Waals surface area contributed by atoms with Crippen LogP contribution < -0.4 is 10.2 Å². The zero-order chi connectivity index (χ0) is 21.7. The van der Waals surface area contributed by atoms with Gasteiger partial charge < -0.3 is 15.0 Å². The molecule has 2 heterocycles. The van der Waals surface area contributed by atoms with Crippen LogP contribution in [-0.2, 0) is 16.8 Å². The van der Waals surface area contributed by atoms with Gasteiger partial charge in [0.25, 0.3) is 0 Å². The highest BCUT2D eigenvalue weighted by Crippen LogP contribution is 2.37. The minimum atomic E-state index is -1.23. The zero-order valence-corrected chi connectivity index (χ0v) is 18.2. The van der Waals surface area contributed by atoms with Gasteiger partial charge in [0, 0.05) is 56.9 Å². The summed E-state index contributed by atoms with van der Waals surface area (Å²) in [5, 5.41) is 3.40. The molecule has 1 saturated heterocycles. The van der Waals surface area contributed by atoms with Gasteiger partial charge in [0.1, 0.15) is 0 Å². The maximum absolute atomic E-state index is 14.1. The number of carbonyl (C=O) groups excluding carboxylic acids is 1. The molecule has 1 aromatic heterocycles.